The van der Waals surface area contributed by atoms with Crippen molar-refractivity contribution in [3.05, 3.63) is 41.6 Å². The number of H-pyrrole nitrogens is 1. The van der Waals surface area contributed by atoms with Crippen molar-refractivity contribution in [1.29, 1.82) is 5.26 Å². The molecule has 1 aromatic carbocycles. The molecule has 2 rings (SSSR count). The molecule has 0 saturated carbocycles. The Hall–Kier alpha value is -1.60. The van der Waals surface area contributed by atoms with Crippen LogP contribution in [0.1, 0.15) is 24.0 Å². The number of rotatable bonds is 5. The van der Waals surface area contributed by atoms with Crippen LogP contribution in [0.4, 0.5) is 0 Å². The molecule has 0 atom stereocenters. The van der Waals surface area contributed by atoms with Crippen LogP contribution >= 0.6 is 15.9 Å². The van der Waals surface area contributed by atoms with Crippen molar-refractivity contribution in [2.75, 3.05) is 5.33 Å². The lowest BCUT2D eigenvalue weighted by atomic mass is 9.95. The second-order valence-electron chi connectivity index (χ2n) is 4.07. The number of hydrogen-bond acceptors (Lipinski definition) is 2. The highest BCUT2D eigenvalue weighted by Gasteiger charge is 2.11. The Labute approximate surface area is 115 Å². The standard InChI is InChI=1S/C14H14BrN3/c15-8-2-1-4-11-5-3-6-12(10-16)14(11)13-7-9-17-18-13/h3,5-7,9H,1-2,4,8H2,(H,17,18). The molecule has 0 aliphatic heterocycles. The minimum atomic E-state index is 0.704. The summed E-state index contributed by atoms with van der Waals surface area (Å²) in [6, 6.07) is 10.1. The lowest BCUT2D eigenvalue weighted by Gasteiger charge is -2.09. The molecule has 92 valence electrons. The van der Waals surface area contributed by atoms with E-state index in [0.717, 1.165) is 35.8 Å². The van der Waals surface area contributed by atoms with Gasteiger partial charge in [0.2, 0.25) is 0 Å². The minimum Gasteiger partial charge on any atom is -0.278 e. The van der Waals surface area contributed by atoms with Crippen LogP contribution < -0.4 is 0 Å². The van der Waals surface area contributed by atoms with Crippen LogP contribution in [0.2, 0.25) is 0 Å². The van der Waals surface area contributed by atoms with Gasteiger partial charge in [-0.3, -0.25) is 5.10 Å². The second-order valence-corrected chi connectivity index (χ2v) is 4.86. The molecule has 0 spiro atoms. The first kappa shape index (κ1) is 12.8. The maximum atomic E-state index is 9.22. The summed E-state index contributed by atoms with van der Waals surface area (Å²) in [7, 11) is 0. The van der Waals surface area contributed by atoms with Gasteiger partial charge in [-0.2, -0.15) is 10.4 Å². The van der Waals surface area contributed by atoms with E-state index < -0.39 is 0 Å². The number of alkyl halides is 1. The van der Waals surface area contributed by atoms with E-state index in [4.69, 9.17) is 0 Å². The Kier molecular flexibility index (Phi) is 4.54. The van der Waals surface area contributed by atoms with Crippen molar-refractivity contribution < 1.29 is 0 Å². The van der Waals surface area contributed by atoms with Gasteiger partial charge >= 0.3 is 0 Å². The molecule has 4 heteroatoms. The van der Waals surface area contributed by atoms with Gasteiger partial charge in [0.05, 0.1) is 17.3 Å². The molecule has 18 heavy (non-hydrogen) atoms. The Morgan fingerprint density at radius 3 is 2.83 bits per heavy atom. The van der Waals surface area contributed by atoms with Crippen molar-refractivity contribution in [2.24, 2.45) is 0 Å². The highest BCUT2D eigenvalue weighted by molar-refractivity contribution is 9.09. The lowest BCUT2D eigenvalue weighted by Crippen LogP contribution is -1.95. The largest absolute Gasteiger partial charge is 0.278 e. The molecule has 0 unspecified atom stereocenters. The highest BCUT2D eigenvalue weighted by atomic mass is 79.9. The molecule has 0 bridgehead atoms. The summed E-state index contributed by atoms with van der Waals surface area (Å²) < 4.78 is 0. The quantitative estimate of drug-likeness (QED) is 0.677. The Morgan fingerprint density at radius 2 is 2.17 bits per heavy atom. The number of nitrogens with zero attached hydrogens (tertiary/aromatic N) is 2. The second kappa shape index (κ2) is 6.36. The number of halogens is 1. The molecule has 0 saturated heterocycles. The molecular formula is C14H14BrN3. The molecule has 0 radical (unpaired) electrons. The van der Waals surface area contributed by atoms with E-state index in [0.29, 0.717) is 5.56 Å². The van der Waals surface area contributed by atoms with Crippen molar-refractivity contribution in [2.45, 2.75) is 19.3 Å². The molecular weight excluding hydrogens is 290 g/mol. The van der Waals surface area contributed by atoms with Crippen LogP contribution in [0.15, 0.2) is 30.5 Å². The third-order valence-electron chi connectivity index (χ3n) is 2.87. The van der Waals surface area contributed by atoms with Crippen molar-refractivity contribution in [1.82, 2.24) is 10.2 Å². The number of aryl methyl sites for hydroxylation is 1. The molecule has 0 amide bonds. The SMILES string of the molecule is N#Cc1cccc(CCCCBr)c1-c1ccn[nH]1. The minimum absolute atomic E-state index is 0.704. The summed E-state index contributed by atoms with van der Waals surface area (Å²) in [4.78, 5) is 0. The summed E-state index contributed by atoms with van der Waals surface area (Å²) >= 11 is 3.44. The fraction of sp³-hybridized carbons (Fsp3) is 0.286. The third kappa shape index (κ3) is 2.80. The first-order chi connectivity index (χ1) is 8.86. The topological polar surface area (TPSA) is 52.5 Å². The number of nitrogens with one attached hydrogen (secondary N) is 1. The molecule has 1 heterocycles. The maximum Gasteiger partial charge on any atom is 0.0998 e. The van der Waals surface area contributed by atoms with E-state index in [1.807, 2.05) is 18.2 Å². The molecule has 0 aliphatic carbocycles. The van der Waals surface area contributed by atoms with E-state index >= 15 is 0 Å². The van der Waals surface area contributed by atoms with Gasteiger partial charge < -0.3 is 0 Å². The van der Waals surface area contributed by atoms with Crippen LogP contribution in [-0.4, -0.2) is 15.5 Å². The molecule has 2 aromatic rings. The number of hydrogen-bond donors (Lipinski definition) is 1. The number of benzene rings is 1. The van der Waals surface area contributed by atoms with E-state index in [1.165, 1.54) is 5.56 Å². The Bertz CT molecular complexity index is 541. The zero-order valence-electron chi connectivity index (χ0n) is 9.99. The molecule has 1 aromatic heterocycles. The molecule has 0 fully saturated rings. The number of aromatic nitrogens is 2. The predicted octanol–water partition coefficient (Wildman–Crippen LogP) is 3.67. The van der Waals surface area contributed by atoms with Crippen LogP contribution in [0.3, 0.4) is 0 Å². The van der Waals surface area contributed by atoms with E-state index in [9.17, 15) is 5.26 Å². The van der Waals surface area contributed by atoms with Gasteiger partial charge in [-0.1, -0.05) is 28.1 Å². The van der Waals surface area contributed by atoms with Gasteiger partial charge in [-0.05, 0) is 37.0 Å². The van der Waals surface area contributed by atoms with Gasteiger partial charge in [-0.15, -0.1) is 0 Å². The Morgan fingerprint density at radius 1 is 1.28 bits per heavy atom. The average Bonchev–Trinajstić information content (AvgIpc) is 2.92. The first-order valence-corrected chi connectivity index (χ1v) is 7.06. The van der Waals surface area contributed by atoms with Gasteiger partial charge in [0.1, 0.15) is 0 Å². The zero-order chi connectivity index (χ0) is 12.8. The summed E-state index contributed by atoms with van der Waals surface area (Å²) in [5.74, 6) is 0. The van der Waals surface area contributed by atoms with Crippen molar-refractivity contribution in [3.8, 4) is 17.3 Å². The number of aromatic amines is 1. The van der Waals surface area contributed by atoms with Gasteiger partial charge in [-0.25, -0.2) is 0 Å². The van der Waals surface area contributed by atoms with Crippen molar-refractivity contribution in [3.63, 3.8) is 0 Å². The lowest BCUT2D eigenvalue weighted by molar-refractivity contribution is 0.806. The summed E-state index contributed by atoms with van der Waals surface area (Å²) in [6.07, 6.45) is 4.95. The maximum absolute atomic E-state index is 9.22. The predicted molar refractivity (Wildman–Crippen MR) is 75.5 cm³/mol. The Balaban J connectivity index is 2.37. The van der Waals surface area contributed by atoms with Crippen LogP contribution in [0, 0.1) is 11.3 Å². The van der Waals surface area contributed by atoms with Crippen LogP contribution in [-0.2, 0) is 6.42 Å². The molecule has 0 aliphatic rings. The number of nitriles is 1. The molecule has 1 N–H and O–H groups in total. The van der Waals surface area contributed by atoms with E-state index in [-0.39, 0.29) is 0 Å². The average molecular weight is 304 g/mol. The third-order valence-corrected chi connectivity index (χ3v) is 3.43. The summed E-state index contributed by atoms with van der Waals surface area (Å²) in [6.45, 7) is 0. The first-order valence-electron chi connectivity index (χ1n) is 5.94. The fourth-order valence-electron chi connectivity index (χ4n) is 2.02. The smallest absolute Gasteiger partial charge is 0.0998 e. The van der Waals surface area contributed by atoms with Gasteiger partial charge in [0.25, 0.3) is 0 Å². The zero-order valence-corrected chi connectivity index (χ0v) is 11.6. The summed E-state index contributed by atoms with van der Waals surface area (Å²) in [5, 5.41) is 17.2. The van der Waals surface area contributed by atoms with Crippen molar-refractivity contribution >= 4 is 15.9 Å². The fourth-order valence-corrected chi connectivity index (χ4v) is 2.42. The van der Waals surface area contributed by atoms with Crippen LogP contribution in [0.5, 0.6) is 0 Å². The van der Waals surface area contributed by atoms with Gasteiger partial charge in [0.15, 0.2) is 0 Å². The monoisotopic (exact) mass is 303 g/mol. The van der Waals surface area contributed by atoms with Crippen LogP contribution in [0.25, 0.3) is 11.3 Å². The highest BCUT2D eigenvalue weighted by Crippen LogP contribution is 2.27. The normalized spacial score (nSPS) is 10.2. The molecule has 3 nitrogen and oxygen atoms in total. The van der Waals surface area contributed by atoms with Gasteiger partial charge in [0, 0.05) is 17.1 Å². The van der Waals surface area contributed by atoms with E-state index in [1.54, 1.807) is 6.20 Å². The number of unbranched alkanes of at least 4 members (excludes halogenated alkanes) is 1. The summed E-state index contributed by atoms with van der Waals surface area (Å²) in [5.41, 5.74) is 3.82. The van der Waals surface area contributed by atoms with E-state index in [2.05, 4.69) is 38.3 Å².